The molecule has 0 amide bonds. The Morgan fingerprint density at radius 3 is 2.84 bits per heavy atom. The van der Waals surface area contributed by atoms with Crippen molar-refractivity contribution in [2.45, 2.75) is 31.7 Å². The smallest absolute Gasteiger partial charge is 0.247 e. The number of H-pyrrole nitrogens is 1. The highest BCUT2D eigenvalue weighted by molar-refractivity contribution is 5.10. The molecule has 0 radical (unpaired) electrons. The first-order valence-corrected chi connectivity index (χ1v) is 7.30. The van der Waals surface area contributed by atoms with Crippen LogP contribution in [0.2, 0.25) is 0 Å². The van der Waals surface area contributed by atoms with Crippen molar-refractivity contribution < 1.29 is 4.74 Å². The van der Waals surface area contributed by atoms with Crippen LogP contribution in [0.5, 0.6) is 0 Å². The van der Waals surface area contributed by atoms with E-state index in [4.69, 9.17) is 4.74 Å². The van der Waals surface area contributed by atoms with Crippen LogP contribution in [0.25, 0.3) is 0 Å². The van der Waals surface area contributed by atoms with Crippen LogP contribution in [0.3, 0.4) is 0 Å². The molecular weight excluding hydrogens is 240 g/mol. The Labute approximate surface area is 113 Å². The predicted molar refractivity (Wildman–Crippen MR) is 74.3 cm³/mol. The summed E-state index contributed by atoms with van der Waals surface area (Å²) in [4.78, 5) is 16.4. The van der Waals surface area contributed by atoms with Crippen molar-refractivity contribution in [1.29, 1.82) is 0 Å². The third-order valence-electron chi connectivity index (χ3n) is 4.40. The molecule has 0 saturated carbocycles. The number of nitrogens with one attached hydrogen (secondary N) is 1. The first kappa shape index (κ1) is 12.9. The van der Waals surface area contributed by atoms with Gasteiger partial charge in [0.25, 0.3) is 0 Å². The number of nitrogens with zero attached hydrogens (tertiary/aromatic N) is 1. The summed E-state index contributed by atoms with van der Waals surface area (Å²) in [5.74, 6) is 0.730. The molecule has 3 rings (SSSR count). The van der Waals surface area contributed by atoms with Gasteiger partial charge in [-0.25, -0.2) is 0 Å². The number of ether oxygens (including phenoxy) is 1. The molecule has 0 spiro atoms. The Balaban J connectivity index is 1.53. The molecule has 0 bridgehead atoms. The van der Waals surface area contributed by atoms with Crippen LogP contribution in [-0.2, 0) is 11.2 Å². The summed E-state index contributed by atoms with van der Waals surface area (Å²) in [6.45, 7) is 4.26. The average Bonchev–Trinajstić information content (AvgIpc) is 2.91. The highest BCUT2D eigenvalue weighted by Gasteiger charge is 2.29. The van der Waals surface area contributed by atoms with E-state index in [1.807, 2.05) is 12.3 Å². The lowest BCUT2D eigenvalue weighted by Gasteiger charge is -2.31. The van der Waals surface area contributed by atoms with Crippen molar-refractivity contribution in [2.24, 2.45) is 5.92 Å². The Kier molecular flexibility index (Phi) is 3.99. The van der Waals surface area contributed by atoms with Crippen molar-refractivity contribution in [3.8, 4) is 0 Å². The maximum Gasteiger partial charge on any atom is 0.247 e. The van der Waals surface area contributed by atoms with Crippen molar-refractivity contribution in [1.82, 2.24) is 9.88 Å². The van der Waals surface area contributed by atoms with Gasteiger partial charge in [-0.05, 0) is 43.7 Å². The van der Waals surface area contributed by atoms with Crippen LogP contribution in [0.4, 0.5) is 0 Å². The van der Waals surface area contributed by atoms with Gasteiger partial charge in [0.2, 0.25) is 5.56 Å². The first-order valence-electron chi connectivity index (χ1n) is 7.30. The van der Waals surface area contributed by atoms with Crippen LogP contribution in [0, 0.1) is 5.92 Å². The maximum atomic E-state index is 11.0. The van der Waals surface area contributed by atoms with Crippen LogP contribution in [-0.4, -0.2) is 42.2 Å². The van der Waals surface area contributed by atoms with E-state index < -0.39 is 0 Å². The van der Waals surface area contributed by atoms with Crippen LogP contribution < -0.4 is 5.56 Å². The summed E-state index contributed by atoms with van der Waals surface area (Å²) in [6, 6.07) is 4.31. The first-order chi connectivity index (χ1) is 9.31. The second-order valence-electron chi connectivity index (χ2n) is 5.76. The number of hydrogen-bond acceptors (Lipinski definition) is 3. The molecule has 3 heterocycles. The van der Waals surface area contributed by atoms with Gasteiger partial charge in [-0.2, -0.15) is 0 Å². The molecule has 2 aliphatic rings. The van der Waals surface area contributed by atoms with Gasteiger partial charge >= 0.3 is 0 Å². The largest absolute Gasteiger partial charge is 0.381 e. The highest BCUT2D eigenvalue weighted by atomic mass is 16.5. The van der Waals surface area contributed by atoms with Gasteiger partial charge in [0.15, 0.2) is 0 Å². The third-order valence-corrected chi connectivity index (χ3v) is 4.40. The molecule has 0 aromatic carbocycles. The Morgan fingerprint density at radius 2 is 2.11 bits per heavy atom. The SMILES string of the molecule is O=c1ccc(C[C@H]2CCN(C3CCOCC3)C2)c[nH]1. The molecule has 1 aromatic heterocycles. The van der Waals surface area contributed by atoms with Crippen LogP contribution >= 0.6 is 0 Å². The summed E-state index contributed by atoms with van der Waals surface area (Å²) >= 11 is 0. The van der Waals surface area contributed by atoms with E-state index in [0.717, 1.165) is 31.6 Å². The minimum Gasteiger partial charge on any atom is -0.381 e. The molecule has 1 N–H and O–H groups in total. The molecule has 104 valence electrons. The summed E-state index contributed by atoms with van der Waals surface area (Å²) in [6.07, 6.45) is 6.59. The number of hydrogen-bond donors (Lipinski definition) is 1. The van der Waals surface area contributed by atoms with E-state index >= 15 is 0 Å². The zero-order valence-corrected chi connectivity index (χ0v) is 11.3. The quantitative estimate of drug-likeness (QED) is 0.896. The van der Waals surface area contributed by atoms with Gasteiger partial charge < -0.3 is 9.72 Å². The molecule has 0 aliphatic carbocycles. The maximum absolute atomic E-state index is 11.0. The van der Waals surface area contributed by atoms with Crippen LogP contribution in [0.1, 0.15) is 24.8 Å². The third kappa shape index (κ3) is 3.25. The summed E-state index contributed by atoms with van der Waals surface area (Å²) in [5, 5.41) is 0. The molecule has 2 saturated heterocycles. The molecule has 4 nitrogen and oxygen atoms in total. The molecular formula is C15H22N2O2. The van der Waals surface area contributed by atoms with Crippen molar-refractivity contribution >= 4 is 0 Å². The average molecular weight is 262 g/mol. The van der Waals surface area contributed by atoms with Crippen LogP contribution in [0.15, 0.2) is 23.1 Å². The zero-order valence-electron chi connectivity index (χ0n) is 11.3. The Bertz CT molecular complexity index is 445. The van der Waals surface area contributed by atoms with E-state index in [-0.39, 0.29) is 5.56 Å². The van der Waals surface area contributed by atoms with Crippen molar-refractivity contribution in [2.75, 3.05) is 26.3 Å². The topological polar surface area (TPSA) is 45.3 Å². The van der Waals surface area contributed by atoms with Gasteiger partial charge in [-0.15, -0.1) is 0 Å². The monoisotopic (exact) mass is 262 g/mol. The van der Waals surface area contributed by atoms with Gasteiger partial charge in [0.1, 0.15) is 0 Å². The van der Waals surface area contributed by atoms with E-state index in [2.05, 4.69) is 9.88 Å². The number of pyridine rings is 1. The molecule has 1 aromatic rings. The van der Waals surface area contributed by atoms with Gasteiger partial charge in [0, 0.05) is 38.1 Å². The normalized spacial score (nSPS) is 25.8. The van der Waals surface area contributed by atoms with Gasteiger partial charge in [-0.3, -0.25) is 9.69 Å². The van der Waals surface area contributed by atoms with E-state index in [1.165, 1.54) is 37.9 Å². The van der Waals surface area contributed by atoms with E-state index in [1.54, 1.807) is 6.07 Å². The minimum atomic E-state index is -0.0148. The standard InChI is InChI=1S/C15H22N2O2/c18-15-2-1-12(10-16-15)9-13-3-6-17(11-13)14-4-7-19-8-5-14/h1-2,10,13-14H,3-9,11H2,(H,16,18)/t13-/m1/s1. The fraction of sp³-hybridized carbons (Fsp3) is 0.667. The Morgan fingerprint density at radius 1 is 1.26 bits per heavy atom. The number of aromatic nitrogens is 1. The lowest BCUT2D eigenvalue weighted by atomic mass is 10.00. The Hall–Kier alpha value is -1.13. The summed E-state index contributed by atoms with van der Waals surface area (Å²) in [5.41, 5.74) is 1.23. The fourth-order valence-corrected chi connectivity index (χ4v) is 3.31. The number of likely N-dealkylation sites (tertiary alicyclic amines) is 1. The van der Waals surface area contributed by atoms with Crippen molar-refractivity contribution in [3.05, 3.63) is 34.2 Å². The molecule has 2 aliphatic heterocycles. The molecule has 0 unspecified atom stereocenters. The predicted octanol–water partition coefficient (Wildman–Crippen LogP) is 1.42. The second kappa shape index (κ2) is 5.88. The zero-order chi connectivity index (χ0) is 13.1. The molecule has 4 heteroatoms. The van der Waals surface area contributed by atoms with E-state index in [9.17, 15) is 4.79 Å². The fourth-order valence-electron chi connectivity index (χ4n) is 3.31. The van der Waals surface area contributed by atoms with Crippen molar-refractivity contribution in [3.63, 3.8) is 0 Å². The highest BCUT2D eigenvalue weighted by Crippen LogP contribution is 2.25. The number of rotatable bonds is 3. The second-order valence-corrected chi connectivity index (χ2v) is 5.76. The van der Waals surface area contributed by atoms with E-state index in [0.29, 0.717) is 0 Å². The van der Waals surface area contributed by atoms with Gasteiger partial charge in [0.05, 0.1) is 0 Å². The lowest BCUT2D eigenvalue weighted by Crippen LogP contribution is -2.37. The summed E-state index contributed by atoms with van der Waals surface area (Å²) < 4.78 is 5.43. The minimum absolute atomic E-state index is 0.0148. The summed E-state index contributed by atoms with van der Waals surface area (Å²) in [7, 11) is 0. The molecule has 2 fully saturated rings. The lowest BCUT2D eigenvalue weighted by molar-refractivity contribution is 0.0411. The molecule has 1 atom stereocenters. The molecule has 19 heavy (non-hydrogen) atoms. The van der Waals surface area contributed by atoms with Gasteiger partial charge in [-0.1, -0.05) is 6.07 Å². The number of aromatic amines is 1.